The molecule has 3 rings (SSSR count). The number of aliphatic carboxylic acids is 1. The second-order valence-corrected chi connectivity index (χ2v) is 6.04. The van der Waals surface area contributed by atoms with E-state index >= 15 is 0 Å². The van der Waals surface area contributed by atoms with Crippen LogP contribution in [-0.4, -0.2) is 28.4 Å². The number of hydrogen-bond acceptors (Lipinski definition) is 3. The third-order valence-electron chi connectivity index (χ3n) is 4.29. The van der Waals surface area contributed by atoms with E-state index in [2.05, 4.69) is 0 Å². The monoisotopic (exact) mass is 349 g/mol. The summed E-state index contributed by atoms with van der Waals surface area (Å²) in [5.41, 5.74) is 2.23. The molecule has 0 saturated carbocycles. The van der Waals surface area contributed by atoms with Crippen molar-refractivity contribution < 1.29 is 27.9 Å². The van der Waals surface area contributed by atoms with Gasteiger partial charge < -0.3 is 14.4 Å². The summed E-state index contributed by atoms with van der Waals surface area (Å²) in [7, 11) is 0. The van der Waals surface area contributed by atoms with E-state index < -0.39 is 23.5 Å². The van der Waals surface area contributed by atoms with Gasteiger partial charge in [0.2, 0.25) is 0 Å². The summed E-state index contributed by atoms with van der Waals surface area (Å²) in [6.45, 7) is -0.0819. The molecule has 0 atom stereocenters. The molecule has 2 aromatic rings. The Labute approximate surface area is 142 Å². The number of amides is 1. The van der Waals surface area contributed by atoms with Crippen LogP contribution in [0, 0.1) is 11.6 Å². The molecule has 25 heavy (non-hydrogen) atoms. The van der Waals surface area contributed by atoms with E-state index in [9.17, 15) is 18.4 Å². The van der Waals surface area contributed by atoms with Crippen molar-refractivity contribution in [3.8, 4) is 0 Å². The van der Waals surface area contributed by atoms with Crippen molar-refractivity contribution >= 4 is 11.9 Å². The first-order valence-corrected chi connectivity index (χ1v) is 8.00. The quantitative estimate of drug-likeness (QED) is 0.870. The fourth-order valence-electron chi connectivity index (χ4n) is 3.02. The average molecular weight is 349 g/mol. The van der Waals surface area contributed by atoms with Gasteiger partial charge in [-0.05, 0) is 42.5 Å². The predicted molar refractivity (Wildman–Crippen MR) is 84.1 cm³/mol. The second-order valence-electron chi connectivity index (χ2n) is 6.04. The number of carboxylic acid groups (broad SMARTS) is 1. The fraction of sp³-hybridized carbons (Fsp3) is 0.333. The van der Waals surface area contributed by atoms with Gasteiger partial charge in [0.15, 0.2) is 17.4 Å². The van der Waals surface area contributed by atoms with Crippen LogP contribution >= 0.6 is 0 Å². The highest BCUT2D eigenvalue weighted by Gasteiger charge is 2.27. The van der Waals surface area contributed by atoms with Crippen LogP contribution in [0.5, 0.6) is 0 Å². The minimum absolute atomic E-state index is 0.0290. The van der Waals surface area contributed by atoms with Crippen molar-refractivity contribution in [3.05, 3.63) is 58.5 Å². The molecule has 1 heterocycles. The van der Waals surface area contributed by atoms with Crippen LogP contribution in [0.25, 0.3) is 0 Å². The molecule has 0 radical (unpaired) electrons. The highest BCUT2D eigenvalue weighted by molar-refractivity contribution is 5.93. The van der Waals surface area contributed by atoms with E-state index in [1.165, 1.54) is 11.0 Å². The predicted octanol–water partition coefficient (Wildman–Crippen LogP) is 3.16. The van der Waals surface area contributed by atoms with Crippen molar-refractivity contribution in [2.45, 2.75) is 32.2 Å². The molecule has 132 valence electrons. The van der Waals surface area contributed by atoms with Gasteiger partial charge in [-0.25, -0.2) is 8.78 Å². The Morgan fingerprint density at radius 2 is 2.00 bits per heavy atom. The summed E-state index contributed by atoms with van der Waals surface area (Å²) in [5.74, 6) is -3.26. The number of hydrogen-bond donors (Lipinski definition) is 1. The zero-order valence-electron chi connectivity index (χ0n) is 13.4. The number of halogens is 2. The largest absolute Gasteiger partial charge is 0.481 e. The normalized spacial score (nSPS) is 12.9. The minimum Gasteiger partial charge on any atom is -0.481 e. The Hall–Kier alpha value is -2.70. The van der Waals surface area contributed by atoms with Crippen molar-refractivity contribution in [2.75, 3.05) is 6.54 Å². The molecule has 1 amide bonds. The summed E-state index contributed by atoms with van der Waals surface area (Å²) >= 11 is 0. The van der Waals surface area contributed by atoms with Crippen molar-refractivity contribution in [3.63, 3.8) is 0 Å². The van der Waals surface area contributed by atoms with Crippen LogP contribution in [-0.2, 0) is 24.2 Å². The summed E-state index contributed by atoms with van der Waals surface area (Å²) in [5, 5.41) is 8.91. The van der Waals surface area contributed by atoms with Gasteiger partial charge >= 0.3 is 5.97 Å². The standard InChI is InChI=1S/C18H17F2NO4/c19-14-5-4-11(8-15(14)20)9-21(7-6-16(22)23)18(24)17-13-3-1-2-12(13)10-25-17/h4-5,8,10H,1-3,6-7,9H2,(H,22,23). The van der Waals surface area contributed by atoms with E-state index in [1.807, 2.05) is 0 Å². The molecular formula is C18H17F2NO4. The van der Waals surface area contributed by atoms with Crippen LogP contribution in [0.4, 0.5) is 8.78 Å². The summed E-state index contributed by atoms with van der Waals surface area (Å²) in [6.07, 6.45) is 3.84. The number of aryl methyl sites for hydroxylation is 1. The van der Waals surface area contributed by atoms with Crippen molar-refractivity contribution in [1.29, 1.82) is 0 Å². The Bertz CT molecular complexity index is 815. The molecule has 1 aromatic carbocycles. The molecule has 5 nitrogen and oxygen atoms in total. The lowest BCUT2D eigenvalue weighted by molar-refractivity contribution is -0.137. The maximum absolute atomic E-state index is 13.4. The average Bonchev–Trinajstić information content (AvgIpc) is 3.17. The third kappa shape index (κ3) is 3.70. The van der Waals surface area contributed by atoms with E-state index in [0.717, 1.165) is 42.5 Å². The van der Waals surface area contributed by atoms with Gasteiger partial charge in [0.1, 0.15) is 0 Å². The minimum atomic E-state index is -1.05. The lowest BCUT2D eigenvalue weighted by Crippen LogP contribution is -2.33. The molecule has 0 spiro atoms. The van der Waals surface area contributed by atoms with Gasteiger partial charge in [-0.1, -0.05) is 6.07 Å². The molecule has 0 fully saturated rings. The van der Waals surface area contributed by atoms with Crippen molar-refractivity contribution in [2.24, 2.45) is 0 Å². The Balaban J connectivity index is 1.84. The molecule has 0 saturated heterocycles. The fourth-order valence-corrected chi connectivity index (χ4v) is 3.02. The summed E-state index contributed by atoms with van der Waals surface area (Å²) < 4.78 is 31.9. The van der Waals surface area contributed by atoms with Crippen molar-refractivity contribution in [1.82, 2.24) is 4.90 Å². The first kappa shape index (κ1) is 17.1. The number of benzene rings is 1. The number of fused-ring (bicyclic) bond motifs is 1. The Kier molecular flexibility index (Phi) is 4.83. The highest BCUT2D eigenvalue weighted by Crippen LogP contribution is 2.28. The van der Waals surface area contributed by atoms with Crippen LogP contribution in [0.15, 0.2) is 28.9 Å². The molecule has 1 aliphatic rings. The van der Waals surface area contributed by atoms with Crippen LogP contribution in [0.3, 0.4) is 0 Å². The number of carbonyl (C=O) groups is 2. The van der Waals surface area contributed by atoms with Gasteiger partial charge in [0, 0.05) is 18.7 Å². The smallest absolute Gasteiger partial charge is 0.305 e. The van der Waals surface area contributed by atoms with Crippen LogP contribution in [0.1, 0.15) is 40.1 Å². The second kappa shape index (κ2) is 7.04. The number of furan rings is 1. The molecule has 0 unspecified atom stereocenters. The number of carboxylic acids is 1. The first-order valence-electron chi connectivity index (χ1n) is 8.00. The third-order valence-corrected chi connectivity index (χ3v) is 4.29. The zero-order valence-corrected chi connectivity index (χ0v) is 13.4. The SMILES string of the molecule is O=C(O)CCN(Cc1ccc(F)c(F)c1)C(=O)c1occ2c1CCC2. The molecular weight excluding hydrogens is 332 g/mol. The number of nitrogens with zero attached hydrogens (tertiary/aromatic N) is 1. The van der Waals surface area contributed by atoms with E-state index in [-0.39, 0.29) is 25.3 Å². The van der Waals surface area contributed by atoms with Crippen LogP contribution in [0.2, 0.25) is 0 Å². The number of carbonyl (C=O) groups excluding carboxylic acids is 1. The Morgan fingerprint density at radius 3 is 2.72 bits per heavy atom. The lowest BCUT2D eigenvalue weighted by Gasteiger charge is -2.21. The van der Waals surface area contributed by atoms with E-state index in [1.54, 1.807) is 6.26 Å². The Morgan fingerprint density at radius 1 is 1.20 bits per heavy atom. The van der Waals surface area contributed by atoms with Gasteiger partial charge in [0.25, 0.3) is 5.91 Å². The highest BCUT2D eigenvalue weighted by atomic mass is 19.2. The van der Waals surface area contributed by atoms with E-state index in [4.69, 9.17) is 9.52 Å². The molecule has 1 aliphatic carbocycles. The molecule has 7 heteroatoms. The van der Waals surface area contributed by atoms with Gasteiger partial charge in [0.05, 0.1) is 12.7 Å². The molecule has 0 aliphatic heterocycles. The summed E-state index contributed by atoms with van der Waals surface area (Å²) in [6, 6.07) is 3.35. The molecule has 1 N–H and O–H groups in total. The van der Waals surface area contributed by atoms with Crippen LogP contribution < -0.4 is 0 Å². The maximum atomic E-state index is 13.4. The lowest BCUT2D eigenvalue weighted by atomic mass is 10.1. The topological polar surface area (TPSA) is 70.8 Å². The van der Waals surface area contributed by atoms with E-state index in [0.29, 0.717) is 5.56 Å². The molecule has 0 bridgehead atoms. The van der Waals surface area contributed by atoms with Gasteiger partial charge in [-0.15, -0.1) is 0 Å². The molecule has 1 aromatic heterocycles. The zero-order chi connectivity index (χ0) is 18.0. The van der Waals surface area contributed by atoms with Gasteiger partial charge in [-0.2, -0.15) is 0 Å². The summed E-state index contributed by atoms with van der Waals surface area (Å²) in [4.78, 5) is 25.0. The number of rotatable bonds is 6. The maximum Gasteiger partial charge on any atom is 0.305 e. The first-order chi connectivity index (χ1) is 12.0. The van der Waals surface area contributed by atoms with Gasteiger partial charge in [-0.3, -0.25) is 9.59 Å².